The first-order valence-corrected chi connectivity index (χ1v) is 5.59. The second kappa shape index (κ2) is 4.55. The van der Waals surface area contributed by atoms with E-state index in [0.717, 1.165) is 11.3 Å². The van der Waals surface area contributed by atoms with Crippen LogP contribution >= 0.6 is 0 Å². The van der Waals surface area contributed by atoms with Crippen molar-refractivity contribution in [3.63, 3.8) is 0 Å². The van der Waals surface area contributed by atoms with Crippen LogP contribution in [-0.2, 0) is 13.6 Å². The maximum Gasteiger partial charge on any atom is 0.209 e. The van der Waals surface area contributed by atoms with E-state index in [1.165, 1.54) is 0 Å². The lowest BCUT2D eigenvalue weighted by atomic mass is 10.1. The van der Waals surface area contributed by atoms with Crippen LogP contribution in [0, 0.1) is 6.92 Å². The molecular weight excluding hydrogens is 212 g/mol. The third-order valence-electron chi connectivity index (χ3n) is 2.98. The SMILES string of the molecule is Cc1ccc(C(=O)c2ccc(CN)n2C)cc1. The van der Waals surface area contributed by atoms with Crippen molar-refractivity contribution in [1.82, 2.24) is 4.57 Å². The summed E-state index contributed by atoms with van der Waals surface area (Å²) in [6.45, 7) is 2.45. The van der Waals surface area contributed by atoms with E-state index in [4.69, 9.17) is 5.73 Å². The van der Waals surface area contributed by atoms with Gasteiger partial charge in [-0.1, -0.05) is 29.8 Å². The molecule has 0 spiro atoms. The topological polar surface area (TPSA) is 48.0 Å². The Morgan fingerprint density at radius 3 is 2.35 bits per heavy atom. The Morgan fingerprint density at radius 2 is 1.82 bits per heavy atom. The van der Waals surface area contributed by atoms with Crippen LogP contribution in [0.5, 0.6) is 0 Å². The fourth-order valence-electron chi connectivity index (χ4n) is 1.84. The Labute approximate surface area is 101 Å². The van der Waals surface area contributed by atoms with Crippen molar-refractivity contribution in [2.45, 2.75) is 13.5 Å². The van der Waals surface area contributed by atoms with E-state index < -0.39 is 0 Å². The van der Waals surface area contributed by atoms with Crippen LogP contribution in [0.4, 0.5) is 0 Å². The third-order valence-corrected chi connectivity index (χ3v) is 2.98. The molecule has 0 fully saturated rings. The van der Waals surface area contributed by atoms with E-state index >= 15 is 0 Å². The van der Waals surface area contributed by atoms with Crippen molar-refractivity contribution in [3.05, 3.63) is 58.9 Å². The Bertz CT molecular complexity index is 538. The van der Waals surface area contributed by atoms with Crippen molar-refractivity contribution in [3.8, 4) is 0 Å². The van der Waals surface area contributed by atoms with E-state index in [9.17, 15) is 4.79 Å². The average Bonchev–Trinajstić information content (AvgIpc) is 2.70. The molecule has 17 heavy (non-hydrogen) atoms. The van der Waals surface area contributed by atoms with Gasteiger partial charge in [-0.3, -0.25) is 4.79 Å². The first-order valence-electron chi connectivity index (χ1n) is 5.59. The fraction of sp³-hybridized carbons (Fsp3) is 0.214. The van der Waals surface area contributed by atoms with Gasteiger partial charge >= 0.3 is 0 Å². The van der Waals surface area contributed by atoms with Crippen molar-refractivity contribution in [2.75, 3.05) is 0 Å². The molecule has 1 heterocycles. The largest absolute Gasteiger partial charge is 0.344 e. The number of nitrogens with two attached hydrogens (primary N) is 1. The molecule has 1 aromatic heterocycles. The highest BCUT2D eigenvalue weighted by molar-refractivity contribution is 6.08. The van der Waals surface area contributed by atoms with Gasteiger partial charge in [-0.05, 0) is 19.1 Å². The first kappa shape index (κ1) is 11.6. The predicted octanol–water partition coefficient (Wildman–Crippen LogP) is 2.02. The maximum atomic E-state index is 12.2. The molecular formula is C14H16N2O. The summed E-state index contributed by atoms with van der Waals surface area (Å²) in [5.74, 6) is 0.0344. The molecule has 1 aromatic carbocycles. The third kappa shape index (κ3) is 2.15. The molecule has 0 amide bonds. The van der Waals surface area contributed by atoms with Crippen LogP contribution in [-0.4, -0.2) is 10.4 Å². The standard InChI is InChI=1S/C14H16N2O/c1-10-3-5-11(6-4-10)14(17)13-8-7-12(9-15)16(13)2/h3-8H,9,15H2,1-2H3. The zero-order valence-electron chi connectivity index (χ0n) is 10.1. The number of aromatic nitrogens is 1. The highest BCUT2D eigenvalue weighted by Gasteiger charge is 2.13. The number of carbonyl (C=O) groups excluding carboxylic acids is 1. The van der Waals surface area contributed by atoms with Crippen LogP contribution in [0.2, 0.25) is 0 Å². The van der Waals surface area contributed by atoms with Gasteiger partial charge in [0.1, 0.15) is 0 Å². The normalized spacial score (nSPS) is 10.5. The summed E-state index contributed by atoms with van der Waals surface area (Å²) < 4.78 is 1.85. The van der Waals surface area contributed by atoms with Crippen LogP contribution in [0.3, 0.4) is 0 Å². The van der Waals surface area contributed by atoms with E-state index in [2.05, 4.69) is 0 Å². The predicted molar refractivity (Wildman–Crippen MR) is 67.9 cm³/mol. The lowest BCUT2D eigenvalue weighted by molar-refractivity contribution is 0.103. The molecule has 2 rings (SSSR count). The number of nitrogens with zero attached hydrogens (tertiary/aromatic N) is 1. The van der Waals surface area contributed by atoms with Gasteiger partial charge in [0, 0.05) is 24.8 Å². The minimum Gasteiger partial charge on any atom is -0.344 e. The molecule has 0 aliphatic rings. The Balaban J connectivity index is 2.37. The Hall–Kier alpha value is -1.87. The summed E-state index contributed by atoms with van der Waals surface area (Å²) in [6.07, 6.45) is 0. The molecule has 0 aliphatic carbocycles. The summed E-state index contributed by atoms with van der Waals surface area (Å²) in [6, 6.07) is 11.3. The zero-order valence-corrected chi connectivity index (χ0v) is 10.1. The van der Waals surface area contributed by atoms with E-state index in [1.807, 2.05) is 54.9 Å². The number of benzene rings is 1. The monoisotopic (exact) mass is 228 g/mol. The number of rotatable bonds is 3. The molecule has 0 unspecified atom stereocenters. The summed E-state index contributed by atoms with van der Waals surface area (Å²) >= 11 is 0. The summed E-state index contributed by atoms with van der Waals surface area (Å²) in [5, 5.41) is 0. The molecule has 2 N–H and O–H groups in total. The summed E-state index contributed by atoms with van der Waals surface area (Å²) in [5.41, 5.74) is 9.08. The van der Waals surface area contributed by atoms with Crippen LogP contribution in [0.15, 0.2) is 36.4 Å². The average molecular weight is 228 g/mol. The molecule has 0 bridgehead atoms. The molecule has 2 aromatic rings. The molecule has 0 radical (unpaired) electrons. The van der Waals surface area contributed by atoms with Gasteiger partial charge in [0.25, 0.3) is 0 Å². The quantitative estimate of drug-likeness (QED) is 0.817. The van der Waals surface area contributed by atoms with Crippen molar-refractivity contribution < 1.29 is 4.79 Å². The number of carbonyl (C=O) groups is 1. The lowest BCUT2D eigenvalue weighted by Gasteiger charge is -2.05. The number of hydrogen-bond donors (Lipinski definition) is 1. The highest BCUT2D eigenvalue weighted by Crippen LogP contribution is 2.13. The molecule has 0 saturated carbocycles. The minimum atomic E-state index is 0.0344. The number of hydrogen-bond acceptors (Lipinski definition) is 2. The summed E-state index contributed by atoms with van der Waals surface area (Å²) in [4.78, 5) is 12.2. The van der Waals surface area contributed by atoms with Gasteiger partial charge in [0.2, 0.25) is 5.78 Å². The van der Waals surface area contributed by atoms with Crippen molar-refractivity contribution >= 4 is 5.78 Å². The molecule has 3 nitrogen and oxygen atoms in total. The molecule has 0 saturated heterocycles. The van der Waals surface area contributed by atoms with Gasteiger partial charge in [0.15, 0.2) is 0 Å². The van der Waals surface area contributed by atoms with Crippen molar-refractivity contribution in [2.24, 2.45) is 12.8 Å². The van der Waals surface area contributed by atoms with Crippen LogP contribution in [0.25, 0.3) is 0 Å². The van der Waals surface area contributed by atoms with Gasteiger partial charge in [0.05, 0.1) is 5.69 Å². The smallest absolute Gasteiger partial charge is 0.209 e. The first-order chi connectivity index (χ1) is 8.13. The second-order valence-corrected chi connectivity index (χ2v) is 4.17. The fourth-order valence-corrected chi connectivity index (χ4v) is 1.84. The number of ketones is 1. The highest BCUT2D eigenvalue weighted by atomic mass is 16.1. The van der Waals surface area contributed by atoms with Gasteiger partial charge in [-0.15, -0.1) is 0 Å². The molecule has 3 heteroatoms. The Morgan fingerprint density at radius 1 is 1.18 bits per heavy atom. The van der Waals surface area contributed by atoms with E-state index in [1.54, 1.807) is 0 Å². The van der Waals surface area contributed by atoms with Gasteiger partial charge in [-0.2, -0.15) is 0 Å². The minimum absolute atomic E-state index is 0.0344. The van der Waals surface area contributed by atoms with Crippen molar-refractivity contribution in [1.29, 1.82) is 0 Å². The van der Waals surface area contributed by atoms with Crippen LogP contribution < -0.4 is 5.73 Å². The van der Waals surface area contributed by atoms with Gasteiger partial charge in [-0.25, -0.2) is 0 Å². The van der Waals surface area contributed by atoms with Gasteiger partial charge < -0.3 is 10.3 Å². The van der Waals surface area contributed by atoms with E-state index in [0.29, 0.717) is 17.8 Å². The maximum absolute atomic E-state index is 12.2. The second-order valence-electron chi connectivity index (χ2n) is 4.17. The molecule has 88 valence electrons. The van der Waals surface area contributed by atoms with E-state index in [-0.39, 0.29) is 5.78 Å². The molecule has 0 atom stereocenters. The lowest BCUT2D eigenvalue weighted by Crippen LogP contribution is -2.11. The van der Waals surface area contributed by atoms with Crippen LogP contribution in [0.1, 0.15) is 27.3 Å². The molecule has 0 aliphatic heterocycles. The number of aryl methyl sites for hydroxylation is 1. The zero-order chi connectivity index (χ0) is 12.4. The summed E-state index contributed by atoms with van der Waals surface area (Å²) in [7, 11) is 1.86. The Kier molecular flexibility index (Phi) is 3.11.